The van der Waals surface area contributed by atoms with Crippen molar-refractivity contribution in [2.75, 3.05) is 19.8 Å². The van der Waals surface area contributed by atoms with Gasteiger partial charge in [-0.3, -0.25) is 4.79 Å². The molecule has 1 saturated carbocycles. The third kappa shape index (κ3) is 6.05. The van der Waals surface area contributed by atoms with E-state index in [1.807, 2.05) is 0 Å². The van der Waals surface area contributed by atoms with Gasteiger partial charge < -0.3 is 19.3 Å². The summed E-state index contributed by atoms with van der Waals surface area (Å²) in [6.45, 7) is 6.07. The van der Waals surface area contributed by atoms with E-state index >= 15 is 0 Å². The summed E-state index contributed by atoms with van der Waals surface area (Å²) >= 11 is 0. The Kier molecular flexibility index (Phi) is 7.80. The largest absolute Gasteiger partial charge is 0.465 e. The van der Waals surface area contributed by atoms with E-state index in [1.54, 1.807) is 0 Å². The Hall–Kier alpha value is -0.650. The van der Waals surface area contributed by atoms with Crippen LogP contribution in [0.1, 0.15) is 58.8 Å². The van der Waals surface area contributed by atoms with Gasteiger partial charge in [-0.25, -0.2) is 0 Å². The zero-order valence-corrected chi connectivity index (χ0v) is 14.5. The van der Waals surface area contributed by atoms with E-state index in [4.69, 9.17) is 14.2 Å². The molecule has 0 radical (unpaired) electrons. The molecule has 1 aliphatic heterocycles. The lowest BCUT2D eigenvalue weighted by atomic mass is 10.1. The molecule has 0 aromatic heterocycles. The minimum atomic E-state index is -0.502. The van der Waals surface area contributed by atoms with E-state index in [9.17, 15) is 9.90 Å². The number of hydrogen-bond donors (Lipinski definition) is 1. The lowest BCUT2D eigenvalue weighted by Gasteiger charge is -2.27. The minimum Gasteiger partial charge on any atom is -0.465 e. The average Bonchev–Trinajstić information content (AvgIpc) is 3.33. The third-order valence-corrected chi connectivity index (χ3v) is 5.08. The highest BCUT2D eigenvalue weighted by atomic mass is 16.7. The molecular weight excluding hydrogens is 296 g/mol. The van der Waals surface area contributed by atoms with Gasteiger partial charge in [0.2, 0.25) is 0 Å². The summed E-state index contributed by atoms with van der Waals surface area (Å²) in [4.78, 5) is 12.0. The van der Waals surface area contributed by atoms with Crippen molar-refractivity contribution in [2.45, 2.75) is 71.2 Å². The number of ether oxygens (including phenoxy) is 3. The van der Waals surface area contributed by atoms with Crippen molar-refractivity contribution >= 4 is 5.97 Å². The number of aliphatic hydroxyl groups is 1. The monoisotopic (exact) mass is 328 g/mol. The van der Waals surface area contributed by atoms with Crippen LogP contribution in [0.15, 0.2) is 0 Å². The van der Waals surface area contributed by atoms with E-state index in [0.717, 1.165) is 44.9 Å². The highest BCUT2D eigenvalue weighted by Gasteiger charge is 2.43. The van der Waals surface area contributed by atoms with Crippen molar-refractivity contribution in [1.29, 1.82) is 0 Å². The van der Waals surface area contributed by atoms with Crippen molar-refractivity contribution in [3.63, 3.8) is 0 Å². The van der Waals surface area contributed by atoms with Crippen molar-refractivity contribution in [3.05, 3.63) is 0 Å². The molecule has 1 heterocycles. The minimum absolute atomic E-state index is 0.0196. The topological polar surface area (TPSA) is 65.0 Å². The molecule has 2 aliphatic rings. The Morgan fingerprint density at radius 2 is 2.13 bits per heavy atom. The van der Waals surface area contributed by atoms with E-state index in [2.05, 4.69) is 13.8 Å². The number of carbonyl (C=O) groups is 1. The summed E-state index contributed by atoms with van der Waals surface area (Å²) in [5.74, 6) is 1.02. The molecule has 5 heteroatoms. The molecule has 2 rings (SSSR count). The van der Waals surface area contributed by atoms with Crippen LogP contribution >= 0.6 is 0 Å². The molecular formula is C18H32O5. The van der Waals surface area contributed by atoms with Crippen LogP contribution in [0.5, 0.6) is 0 Å². The Bertz CT molecular complexity index is 355. The predicted octanol–water partition coefficient (Wildman–Crippen LogP) is 2.90. The lowest BCUT2D eigenvalue weighted by Crippen LogP contribution is -2.36. The Balaban J connectivity index is 1.52. The SMILES string of the molecule is CCC(CC)COC(=O)C1CC1CCCOC1OCCCC1O. The van der Waals surface area contributed by atoms with Gasteiger partial charge in [0.15, 0.2) is 6.29 Å². The van der Waals surface area contributed by atoms with Crippen LogP contribution in [0.3, 0.4) is 0 Å². The number of rotatable bonds is 10. The third-order valence-electron chi connectivity index (χ3n) is 5.08. The number of hydrogen-bond acceptors (Lipinski definition) is 5. The van der Waals surface area contributed by atoms with Gasteiger partial charge in [0, 0.05) is 13.2 Å². The van der Waals surface area contributed by atoms with E-state index < -0.39 is 12.4 Å². The maximum absolute atomic E-state index is 12.0. The summed E-state index contributed by atoms with van der Waals surface area (Å²) in [6.07, 6.45) is 5.61. The van der Waals surface area contributed by atoms with Gasteiger partial charge in [-0.15, -0.1) is 0 Å². The summed E-state index contributed by atoms with van der Waals surface area (Å²) in [5.41, 5.74) is 0. The fourth-order valence-corrected chi connectivity index (χ4v) is 3.13. The van der Waals surface area contributed by atoms with Gasteiger partial charge in [-0.05, 0) is 43.9 Å². The van der Waals surface area contributed by atoms with Gasteiger partial charge in [-0.2, -0.15) is 0 Å². The Labute approximate surface area is 139 Å². The van der Waals surface area contributed by atoms with Gasteiger partial charge in [0.05, 0.1) is 12.5 Å². The molecule has 4 atom stereocenters. The van der Waals surface area contributed by atoms with Crippen molar-refractivity contribution in [3.8, 4) is 0 Å². The van der Waals surface area contributed by atoms with Crippen molar-refractivity contribution in [1.82, 2.24) is 0 Å². The fourth-order valence-electron chi connectivity index (χ4n) is 3.13. The van der Waals surface area contributed by atoms with Gasteiger partial charge in [-0.1, -0.05) is 26.7 Å². The maximum atomic E-state index is 12.0. The van der Waals surface area contributed by atoms with Crippen LogP contribution in [0.2, 0.25) is 0 Å². The average molecular weight is 328 g/mol. The molecule has 0 aromatic rings. The highest BCUT2D eigenvalue weighted by molar-refractivity contribution is 5.75. The van der Waals surface area contributed by atoms with Crippen LogP contribution < -0.4 is 0 Å². The number of carbonyl (C=O) groups excluding carboxylic acids is 1. The first-order valence-electron chi connectivity index (χ1n) is 9.23. The normalized spacial score (nSPS) is 30.4. The molecule has 0 spiro atoms. The lowest BCUT2D eigenvalue weighted by molar-refractivity contribution is -0.214. The molecule has 5 nitrogen and oxygen atoms in total. The molecule has 4 unspecified atom stereocenters. The summed E-state index contributed by atoms with van der Waals surface area (Å²) in [7, 11) is 0. The van der Waals surface area contributed by atoms with Crippen molar-refractivity contribution in [2.24, 2.45) is 17.8 Å². The standard InChI is InChI=1S/C18H32O5/c1-3-13(4-2)12-23-17(20)15-11-14(15)7-5-9-21-18-16(19)8-6-10-22-18/h13-16,18-19H,3-12H2,1-2H3. The van der Waals surface area contributed by atoms with E-state index in [-0.39, 0.29) is 11.9 Å². The number of aliphatic hydroxyl groups excluding tert-OH is 1. The van der Waals surface area contributed by atoms with Crippen LogP contribution in [-0.2, 0) is 19.0 Å². The van der Waals surface area contributed by atoms with Gasteiger partial charge >= 0.3 is 5.97 Å². The fraction of sp³-hybridized carbons (Fsp3) is 0.944. The zero-order chi connectivity index (χ0) is 16.7. The molecule has 2 fully saturated rings. The van der Waals surface area contributed by atoms with E-state index in [0.29, 0.717) is 31.7 Å². The quantitative estimate of drug-likeness (QED) is 0.493. The van der Waals surface area contributed by atoms with Crippen LogP contribution in [-0.4, -0.2) is 43.3 Å². The molecule has 0 aromatic carbocycles. The van der Waals surface area contributed by atoms with Crippen LogP contribution in [0.4, 0.5) is 0 Å². The molecule has 0 bridgehead atoms. The van der Waals surface area contributed by atoms with Crippen molar-refractivity contribution < 1.29 is 24.1 Å². The molecule has 134 valence electrons. The first-order valence-corrected chi connectivity index (χ1v) is 9.23. The molecule has 0 amide bonds. The smallest absolute Gasteiger partial charge is 0.309 e. The second-order valence-electron chi connectivity index (χ2n) is 6.88. The predicted molar refractivity (Wildman–Crippen MR) is 86.8 cm³/mol. The summed E-state index contributed by atoms with van der Waals surface area (Å²) < 4.78 is 16.4. The molecule has 1 saturated heterocycles. The first kappa shape index (κ1) is 18.7. The maximum Gasteiger partial charge on any atom is 0.309 e. The second-order valence-corrected chi connectivity index (χ2v) is 6.88. The zero-order valence-electron chi connectivity index (χ0n) is 14.5. The first-order chi connectivity index (χ1) is 11.2. The van der Waals surface area contributed by atoms with Crippen LogP contribution in [0, 0.1) is 17.8 Å². The van der Waals surface area contributed by atoms with Gasteiger partial charge in [0.25, 0.3) is 0 Å². The molecule has 1 N–H and O–H groups in total. The van der Waals surface area contributed by atoms with E-state index in [1.165, 1.54) is 0 Å². The summed E-state index contributed by atoms with van der Waals surface area (Å²) in [6, 6.07) is 0. The van der Waals surface area contributed by atoms with Gasteiger partial charge in [0.1, 0.15) is 6.10 Å². The summed E-state index contributed by atoms with van der Waals surface area (Å²) in [5, 5.41) is 9.74. The second kappa shape index (κ2) is 9.60. The Morgan fingerprint density at radius 1 is 1.35 bits per heavy atom. The highest BCUT2D eigenvalue weighted by Crippen LogP contribution is 2.43. The molecule has 23 heavy (non-hydrogen) atoms. The van der Waals surface area contributed by atoms with Crippen LogP contribution in [0.25, 0.3) is 0 Å². The number of esters is 1. The molecule has 1 aliphatic carbocycles. The Morgan fingerprint density at radius 3 is 2.83 bits per heavy atom.